The molecule has 0 aliphatic rings. The number of carbonyl (C=O) groups is 2. The van der Waals surface area contributed by atoms with Crippen molar-refractivity contribution in [3.05, 3.63) is 65.4 Å². The van der Waals surface area contributed by atoms with Gasteiger partial charge in [0.15, 0.2) is 5.69 Å². The van der Waals surface area contributed by atoms with Crippen LogP contribution in [0.15, 0.2) is 48.5 Å². The third-order valence-electron chi connectivity index (χ3n) is 4.17. The number of benzene rings is 2. The number of nitrogens with zero attached hydrogens (tertiary/aromatic N) is 1. The van der Waals surface area contributed by atoms with Gasteiger partial charge in [0.25, 0.3) is 0 Å². The van der Waals surface area contributed by atoms with Crippen LogP contribution in [0.2, 0.25) is 0 Å². The molecule has 5 nitrogen and oxygen atoms in total. The fourth-order valence-electron chi connectivity index (χ4n) is 2.90. The lowest BCUT2D eigenvalue weighted by atomic mass is 9.92. The Morgan fingerprint density at radius 1 is 0.920 bits per heavy atom. The number of para-hydroxylation sites is 1. The van der Waals surface area contributed by atoms with Gasteiger partial charge in [-0.05, 0) is 23.1 Å². The summed E-state index contributed by atoms with van der Waals surface area (Å²) in [4.78, 5) is 27.9. The van der Waals surface area contributed by atoms with Gasteiger partial charge in [-0.1, -0.05) is 56.3 Å². The first kappa shape index (κ1) is 16.6. The van der Waals surface area contributed by atoms with E-state index in [1.165, 1.54) is 0 Å². The van der Waals surface area contributed by atoms with E-state index >= 15 is 0 Å². The van der Waals surface area contributed by atoms with Crippen molar-refractivity contribution in [2.45, 2.75) is 19.8 Å². The van der Waals surface area contributed by atoms with Gasteiger partial charge in [0.1, 0.15) is 0 Å². The molecule has 1 aromatic heterocycles. The van der Waals surface area contributed by atoms with E-state index < -0.39 is 11.9 Å². The van der Waals surface area contributed by atoms with E-state index in [0.29, 0.717) is 22.4 Å². The largest absolute Gasteiger partial charge is 0.478 e. The topological polar surface area (TPSA) is 87.5 Å². The third-order valence-corrected chi connectivity index (χ3v) is 4.17. The minimum Gasteiger partial charge on any atom is -0.478 e. The Balaban J connectivity index is 2.38. The molecule has 0 radical (unpaired) electrons. The predicted molar refractivity (Wildman–Crippen MR) is 95.2 cm³/mol. The number of carboxylic acids is 2. The summed E-state index contributed by atoms with van der Waals surface area (Å²) in [7, 11) is 0. The van der Waals surface area contributed by atoms with Crippen LogP contribution >= 0.6 is 0 Å². The van der Waals surface area contributed by atoms with E-state index in [1.807, 2.05) is 12.1 Å². The Kier molecular flexibility index (Phi) is 4.23. The van der Waals surface area contributed by atoms with Gasteiger partial charge in [-0.15, -0.1) is 0 Å². The maximum Gasteiger partial charge on any atom is 0.355 e. The SMILES string of the molecule is CC(C)c1ccc(-c2c(C(=O)O)nc3ccccc3c2C(=O)O)cc1. The zero-order valence-corrected chi connectivity index (χ0v) is 13.9. The molecule has 2 N–H and O–H groups in total. The smallest absolute Gasteiger partial charge is 0.355 e. The lowest BCUT2D eigenvalue weighted by molar-refractivity contribution is 0.0691. The highest BCUT2D eigenvalue weighted by Gasteiger charge is 2.24. The van der Waals surface area contributed by atoms with Gasteiger partial charge in [-0.25, -0.2) is 14.6 Å². The molecule has 0 bridgehead atoms. The van der Waals surface area contributed by atoms with Crippen LogP contribution in [0.1, 0.15) is 46.2 Å². The fraction of sp³-hybridized carbons (Fsp3) is 0.150. The first-order valence-corrected chi connectivity index (χ1v) is 7.89. The number of pyridine rings is 1. The lowest BCUT2D eigenvalue weighted by Gasteiger charge is -2.14. The number of hydrogen-bond acceptors (Lipinski definition) is 3. The van der Waals surface area contributed by atoms with Gasteiger partial charge in [0, 0.05) is 10.9 Å². The monoisotopic (exact) mass is 335 g/mol. The van der Waals surface area contributed by atoms with Gasteiger partial charge < -0.3 is 10.2 Å². The molecule has 5 heteroatoms. The third kappa shape index (κ3) is 2.96. The summed E-state index contributed by atoms with van der Waals surface area (Å²) in [6.45, 7) is 4.11. The first-order chi connectivity index (χ1) is 11.9. The molecule has 0 aliphatic heterocycles. The molecule has 0 amide bonds. The van der Waals surface area contributed by atoms with E-state index in [4.69, 9.17) is 0 Å². The summed E-state index contributed by atoms with van der Waals surface area (Å²) in [5, 5.41) is 19.8. The molecule has 3 rings (SSSR count). The second-order valence-corrected chi connectivity index (χ2v) is 6.11. The average molecular weight is 335 g/mol. The normalized spacial score (nSPS) is 11.0. The molecule has 3 aromatic rings. The van der Waals surface area contributed by atoms with E-state index in [-0.39, 0.29) is 16.8 Å². The summed E-state index contributed by atoms with van der Waals surface area (Å²) in [6.07, 6.45) is 0. The highest BCUT2D eigenvalue weighted by Crippen LogP contribution is 2.33. The fourth-order valence-corrected chi connectivity index (χ4v) is 2.90. The van der Waals surface area contributed by atoms with E-state index in [0.717, 1.165) is 5.56 Å². The number of aromatic carboxylic acids is 2. The number of carboxylic acid groups (broad SMARTS) is 2. The van der Waals surface area contributed by atoms with Gasteiger partial charge in [0.05, 0.1) is 11.1 Å². The van der Waals surface area contributed by atoms with Crippen molar-refractivity contribution in [3.8, 4) is 11.1 Å². The van der Waals surface area contributed by atoms with Crippen LogP contribution in [0.4, 0.5) is 0 Å². The average Bonchev–Trinajstić information content (AvgIpc) is 2.59. The van der Waals surface area contributed by atoms with Crippen molar-refractivity contribution in [1.29, 1.82) is 0 Å². The van der Waals surface area contributed by atoms with Crippen LogP contribution in [-0.2, 0) is 0 Å². The molecule has 126 valence electrons. The van der Waals surface area contributed by atoms with Gasteiger partial charge >= 0.3 is 11.9 Å². The molecule has 0 spiro atoms. The van der Waals surface area contributed by atoms with Crippen LogP contribution in [0.25, 0.3) is 22.0 Å². The van der Waals surface area contributed by atoms with Crippen LogP contribution in [-0.4, -0.2) is 27.1 Å². The number of fused-ring (bicyclic) bond motifs is 1. The Bertz CT molecular complexity index is 975. The van der Waals surface area contributed by atoms with E-state index in [1.54, 1.807) is 36.4 Å². The second kappa shape index (κ2) is 6.36. The first-order valence-electron chi connectivity index (χ1n) is 7.89. The second-order valence-electron chi connectivity index (χ2n) is 6.11. The molecular weight excluding hydrogens is 318 g/mol. The van der Waals surface area contributed by atoms with Gasteiger partial charge in [0.2, 0.25) is 0 Å². The number of hydrogen-bond donors (Lipinski definition) is 2. The standard InChI is InChI=1S/C20H17NO4/c1-11(2)12-7-9-13(10-8-12)16-17(19(22)23)14-5-3-4-6-15(14)21-18(16)20(24)25/h3-11H,1-2H3,(H,22,23)(H,24,25). The minimum atomic E-state index is -1.25. The molecule has 0 atom stereocenters. The molecule has 1 heterocycles. The Morgan fingerprint density at radius 3 is 2.12 bits per heavy atom. The Hall–Kier alpha value is -3.21. The van der Waals surface area contributed by atoms with Crippen molar-refractivity contribution in [3.63, 3.8) is 0 Å². The Labute approximate surface area is 144 Å². The van der Waals surface area contributed by atoms with Crippen molar-refractivity contribution < 1.29 is 19.8 Å². The van der Waals surface area contributed by atoms with E-state index in [9.17, 15) is 19.8 Å². The number of rotatable bonds is 4. The molecule has 0 saturated carbocycles. The maximum atomic E-state index is 11.9. The summed E-state index contributed by atoms with van der Waals surface area (Å²) in [6, 6.07) is 13.9. The van der Waals surface area contributed by atoms with Gasteiger partial charge in [-0.2, -0.15) is 0 Å². The summed E-state index contributed by atoms with van der Waals surface area (Å²) in [5.74, 6) is -2.11. The number of aromatic nitrogens is 1. The van der Waals surface area contributed by atoms with Crippen molar-refractivity contribution in [1.82, 2.24) is 4.98 Å². The van der Waals surface area contributed by atoms with Crippen LogP contribution < -0.4 is 0 Å². The van der Waals surface area contributed by atoms with Crippen LogP contribution in [0.3, 0.4) is 0 Å². The van der Waals surface area contributed by atoms with E-state index in [2.05, 4.69) is 18.8 Å². The summed E-state index contributed by atoms with van der Waals surface area (Å²) < 4.78 is 0. The Morgan fingerprint density at radius 2 is 1.56 bits per heavy atom. The summed E-state index contributed by atoms with van der Waals surface area (Å²) in [5.41, 5.74) is 1.80. The van der Waals surface area contributed by atoms with Crippen molar-refractivity contribution in [2.24, 2.45) is 0 Å². The molecule has 0 aliphatic carbocycles. The zero-order valence-electron chi connectivity index (χ0n) is 13.9. The van der Waals surface area contributed by atoms with Crippen molar-refractivity contribution in [2.75, 3.05) is 0 Å². The van der Waals surface area contributed by atoms with Gasteiger partial charge in [-0.3, -0.25) is 0 Å². The highest BCUT2D eigenvalue weighted by atomic mass is 16.4. The molecular formula is C20H17NO4. The molecule has 0 saturated heterocycles. The lowest BCUT2D eigenvalue weighted by Crippen LogP contribution is -2.11. The molecule has 25 heavy (non-hydrogen) atoms. The predicted octanol–water partition coefficient (Wildman–Crippen LogP) is 4.42. The quantitative estimate of drug-likeness (QED) is 0.737. The molecule has 0 fully saturated rings. The zero-order chi connectivity index (χ0) is 18.1. The molecule has 0 unspecified atom stereocenters. The van der Waals surface area contributed by atoms with Crippen molar-refractivity contribution >= 4 is 22.8 Å². The molecule has 2 aromatic carbocycles. The maximum absolute atomic E-state index is 11.9. The highest BCUT2D eigenvalue weighted by molar-refractivity contribution is 6.12. The van der Waals surface area contributed by atoms with Crippen LogP contribution in [0.5, 0.6) is 0 Å². The minimum absolute atomic E-state index is 0.0414. The van der Waals surface area contributed by atoms with Crippen LogP contribution in [0, 0.1) is 0 Å². The summed E-state index contributed by atoms with van der Waals surface area (Å²) >= 11 is 0.